The van der Waals surface area contributed by atoms with Gasteiger partial charge >= 0.3 is 0 Å². The summed E-state index contributed by atoms with van der Waals surface area (Å²) in [4.78, 5) is 4.59. The van der Waals surface area contributed by atoms with Gasteiger partial charge in [-0.05, 0) is 36.8 Å². The van der Waals surface area contributed by atoms with E-state index in [1.54, 1.807) is 26.0 Å². The molecule has 1 atom stereocenters. The van der Waals surface area contributed by atoms with Crippen LogP contribution in [0.15, 0.2) is 23.2 Å². The minimum atomic E-state index is -0.635. The molecule has 0 saturated carbocycles. The summed E-state index contributed by atoms with van der Waals surface area (Å²) < 4.78 is 10.6. The fraction of sp³-hybridized carbons (Fsp3) is 0.588. The Morgan fingerprint density at radius 2 is 2.08 bits per heavy atom. The largest absolute Gasteiger partial charge is 0.493 e. The molecule has 1 aliphatic rings. The first kappa shape index (κ1) is 18.7. The minimum Gasteiger partial charge on any atom is -0.493 e. The van der Waals surface area contributed by atoms with Gasteiger partial charge in [-0.3, -0.25) is 0 Å². The topological polar surface area (TPSA) is 75.1 Å². The Hall–Kier alpha value is -1.60. The number of aliphatic imine (C=N–C) groups is 1. The molecule has 1 aromatic rings. The first-order valence-electron chi connectivity index (χ1n) is 8.13. The number of hydrogen-bond acceptors (Lipinski definition) is 5. The van der Waals surface area contributed by atoms with Gasteiger partial charge in [-0.1, -0.05) is 6.07 Å². The van der Waals surface area contributed by atoms with Gasteiger partial charge in [0.05, 0.1) is 26.4 Å². The van der Waals surface area contributed by atoms with Gasteiger partial charge in [0, 0.05) is 18.8 Å². The molecular weight excluding hydrogens is 326 g/mol. The predicted molar refractivity (Wildman–Crippen MR) is 99.3 cm³/mol. The Balaban J connectivity index is 1.99. The molecule has 1 aliphatic heterocycles. The zero-order valence-corrected chi connectivity index (χ0v) is 15.4. The van der Waals surface area contributed by atoms with Crippen LogP contribution in [0.1, 0.15) is 18.9 Å². The summed E-state index contributed by atoms with van der Waals surface area (Å²) in [5, 5.41) is 16.9. The third-order valence-electron chi connectivity index (χ3n) is 3.88. The molecule has 24 heavy (non-hydrogen) atoms. The van der Waals surface area contributed by atoms with E-state index >= 15 is 0 Å². The van der Waals surface area contributed by atoms with Crippen molar-refractivity contribution in [2.24, 2.45) is 4.99 Å². The van der Waals surface area contributed by atoms with Crippen molar-refractivity contribution in [3.8, 4) is 11.5 Å². The first-order chi connectivity index (χ1) is 11.6. The molecule has 0 radical (unpaired) electrons. The summed E-state index contributed by atoms with van der Waals surface area (Å²) in [5.41, 5.74) is 0.393. The highest BCUT2D eigenvalue weighted by atomic mass is 32.2. The van der Waals surface area contributed by atoms with Crippen molar-refractivity contribution < 1.29 is 14.6 Å². The van der Waals surface area contributed by atoms with Crippen molar-refractivity contribution in [1.29, 1.82) is 0 Å². The number of ether oxygens (including phenoxy) is 2. The second-order valence-electron chi connectivity index (χ2n) is 5.76. The number of guanidine groups is 1. The zero-order chi connectivity index (χ0) is 17.4. The molecule has 1 unspecified atom stereocenters. The van der Waals surface area contributed by atoms with E-state index in [1.807, 2.05) is 25.1 Å². The van der Waals surface area contributed by atoms with Crippen LogP contribution in [0.5, 0.6) is 11.5 Å². The molecule has 3 N–H and O–H groups in total. The molecule has 0 aliphatic carbocycles. The highest BCUT2D eigenvalue weighted by Crippen LogP contribution is 2.28. The van der Waals surface area contributed by atoms with Crippen molar-refractivity contribution in [2.75, 3.05) is 38.8 Å². The minimum absolute atomic E-state index is 0.512. The molecule has 0 amide bonds. The molecule has 0 bridgehead atoms. The summed E-state index contributed by atoms with van der Waals surface area (Å²) in [6, 6.07) is 5.77. The van der Waals surface area contributed by atoms with Gasteiger partial charge in [-0.15, -0.1) is 0 Å². The maximum Gasteiger partial charge on any atom is 0.191 e. The quantitative estimate of drug-likeness (QED) is 0.511. The number of hydrogen-bond donors (Lipinski definition) is 3. The molecule has 0 spiro atoms. The highest BCUT2D eigenvalue weighted by molar-refractivity contribution is 7.99. The lowest BCUT2D eigenvalue weighted by atomic mass is 10.0. The average Bonchev–Trinajstić information content (AvgIpc) is 3.04. The van der Waals surface area contributed by atoms with Crippen LogP contribution < -0.4 is 20.1 Å². The SMILES string of the molecule is CCNC(=NCc1ccc(OC)c(OC)c1)NCC1(O)CCSC1. The highest BCUT2D eigenvalue weighted by Gasteiger charge is 2.31. The fourth-order valence-corrected chi connectivity index (χ4v) is 3.77. The maximum atomic E-state index is 10.4. The maximum absolute atomic E-state index is 10.4. The number of nitrogens with zero attached hydrogens (tertiary/aromatic N) is 1. The van der Waals surface area contributed by atoms with E-state index in [1.165, 1.54) is 0 Å². The van der Waals surface area contributed by atoms with Crippen LogP contribution in [0.4, 0.5) is 0 Å². The zero-order valence-electron chi connectivity index (χ0n) is 14.6. The van der Waals surface area contributed by atoms with Crippen LogP contribution >= 0.6 is 11.8 Å². The van der Waals surface area contributed by atoms with Gasteiger partial charge in [0.2, 0.25) is 0 Å². The van der Waals surface area contributed by atoms with Crippen molar-refractivity contribution >= 4 is 17.7 Å². The molecule has 134 valence electrons. The van der Waals surface area contributed by atoms with E-state index in [0.29, 0.717) is 30.5 Å². The van der Waals surface area contributed by atoms with Crippen LogP contribution in [-0.2, 0) is 6.54 Å². The molecule has 1 aromatic carbocycles. The van der Waals surface area contributed by atoms with E-state index in [-0.39, 0.29) is 0 Å². The summed E-state index contributed by atoms with van der Waals surface area (Å²) >= 11 is 1.79. The number of benzene rings is 1. The first-order valence-corrected chi connectivity index (χ1v) is 9.29. The monoisotopic (exact) mass is 353 g/mol. The summed E-state index contributed by atoms with van der Waals surface area (Å²) in [7, 11) is 3.24. The van der Waals surface area contributed by atoms with E-state index in [9.17, 15) is 5.11 Å². The smallest absolute Gasteiger partial charge is 0.191 e. The third kappa shape index (κ3) is 5.21. The Morgan fingerprint density at radius 3 is 2.71 bits per heavy atom. The fourth-order valence-electron chi connectivity index (χ4n) is 2.48. The van der Waals surface area contributed by atoms with Crippen molar-refractivity contribution in [1.82, 2.24) is 10.6 Å². The van der Waals surface area contributed by atoms with Gasteiger partial charge in [0.1, 0.15) is 0 Å². The summed E-state index contributed by atoms with van der Waals surface area (Å²) in [6.45, 7) is 3.82. The van der Waals surface area contributed by atoms with Gasteiger partial charge in [0.15, 0.2) is 17.5 Å². The Labute approximate surface area is 148 Å². The number of nitrogens with one attached hydrogen (secondary N) is 2. The Kier molecular flexibility index (Phi) is 7.05. The van der Waals surface area contributed by atoms with Gasteiger partial charge in [0.25, 0.3) is 0 Å². The standard InChI is InChI=1S/C17H27N3O3S/c1-4-18-16(20-11-17(21)7-8-24-12-17)19-10-13-5-6-14(22-2)15(9-13)23-3/h5-6,9,21H,4,7-8,10-12H2,1-3H3,(H2,18,19,20). The molecule has 2 rings (SSSR count). The summed E-state index contributed by atoms with van der Waals surface area (Å²) in [5.74, 6) is 3.89. The van der Waals surface area contributed by atoms with E-state index in [2.05, 4.69) is 15.6 Å². The van der Waals surface area contributed by atoms with Crippen LogP contribution in [0, 0.1) is 0 Å². The van der Waals surface area contributed by atoms with Gasteiger partial charge < -0.3 is 25.2 Å². The molecule has 0 aromatic heterocycles. The molecular formula is C17H27N3O3S. The number of aliphatic hydroxyl groups is 1. The summed E-state index contributed by atoms with van der Waals surface area (Å²) in [6.07, 6.45) is 0.819. The molecule has 7 heteroatoms. The Morgan fingerprint density at radius 1 is 1.29 bits per heavy atom. The lowest BCUT2D eigenvalue weighted by molar-refractivity contribution is 0.0724. The number of thioether (sulfide) groups is 1. The van der Waals surface area contributed by atoms with Crippen LogP contribution in [0.2, 0.25) is 0 Å². The number of methoxy groups -OCH3 is 2. The lowest BCUT2D eigenvalue weighted by Gasteiger charge is -2.23. The Bertz CT molecular complexity index is 560. The van der Waals surface area contributed by atoms with Crippen molar-refractivity contribution in [3.63, 3.8) is 0 Å². The van der Waals surface area contributed by atoms with Crippen molar-refractivity contribution in [3.05, 3.63) is 23.8 Å². The second-order valence-corrected chi connectivity index (χ2v) is 6.87. The van der Waals surface area contributed by atoms with Crippen molar-refractivity contribution in [2.45, 2.75) is 25.5 Å². The third-order valence-corrected chi connectivity index (χ3v) is 5.11. The molecule has 1 fully saturated rings. The van der Waals surface area contributed by atoms with E-state index < -0.39 is 5.60 Å². The average molecular weight is 353 g/mol. The molecule has 1 saturated heterocycles. The molecule has 6 nitrogen and oxygen atoms in total. The lowest BCUT2D eigenvalue weighted by Crippen LogP contribution is -2.47. The normalized spacial score (nSPS) is 20.8. The van der Waals surface area contributed by atoms with E-state index in [0.717, 1.165) is 30.0 Å². The van der Waals surface area contributed by atoms with Gasteiger partial charge in [-0.2, -0.15) is 11.8 Å². The van der Waals surface area contributed by atoms with Crippen LogP contribution in [0.25, 0.3) is 0 Å². The van der Waals surface area contributed by atoms with Crippen LogP contribution in [-0.4, -0.2) is 55.5 Å². The predicted octanol–water partition coefficient (Wildman–Crippen LogP) is 1.63. The molecule has 1 heterocycles. The second kappa shape index (κ2) is 9.03. The van der Waals surface area contributed by atoms with E-state index in [4.69, 9.17) is 9.47 Å². The van der Waals surface area contributed by atoms with Crippen LogP contribution in [0.3, 0.4) is 0 Å². The number of rotatable bonds is 7. The van der Waals surface area contributed by atoms with Gasteiger partial charge in [-0.25, -0.2) is 4.99 Å².